The van der Waals surface area contributed by atoms with Gasteiger partial charge in [-0.25, -0.2) is 9.37 Å². The minimum atomic E-state index is -0.292. The average Bonchev–Trinajstić information content (AvgIpc) is 2.65. The van der Waals surface area contributed by atoms with Gasteiger partial charge >= 0.3 is 5.97 Å². The second kappa shape index (κ2) is 7.35. The van der Waals surface area contributed by atoms with Crippen molar-refractivity contribution in [1.82, 2.24) is 4.98 Å². The minimum Gasteiger partial charge on any atom is -0.508 e. The lowest BCUT2D eigenvalue weighted by molar-refractivity contribution is -0.146. The smallest absolute Gasteiger partial charge is 0.312 e. The highest BCUT2D eigenvalue weighted by Crippen LogP contribution is 2.42. The molecular formula is C23H23FN2O3. The summed E-state index contributed by atoms with van der Waals surface area (Å²) in [6.07, 6.45) is 0. The molecule has 1 fully saturated rings. The van der Waals surface area contributed by atoms with E-state index in [0.29, 0.717) is 18.6 Å². The molecule has 150 valence electrons. The van der Waals surface area contributed by atoms with Crippen LogP contribution in [-0.4, -0.2) is 36.3 Å². The van der Waals surface area contributed by atoms with Crippen molar-refractivity contribution in [3.63, 3.8) is 0 Å². The summed E-state index contributed by atoms with van der Waals surface area (Å²) in [7, 11) is 1.40. The molecule has 0 bridgehead atoms. The van der Waals surface area contributed by atoms with Crippen LogP contribution in [0.2, 0.25) is 0 Å². The molecule has 0 amide bonds. The van der Waals surface area contributed by atoms with Gasteiger partial charge in [-0.05, 0) is 41.3 Å². The third-order valence-corrected chi connectivity index (χ3v) is 5.41. The molecule has 5 nitrogen and oxygen atoms in total. The molecule has 1 aliphatic rings. The van der Waals surface area contributed by atoms with Crippen molar-refractivity contribution in [2.45, 2.75) is 19.8 Å². The van der Waals surface area contributed by atoms with Gasteiger partial charge in [-0.2, -0.15) is 0 Å². The number of ether oxygens (including phenoxy) is 1. The zero-order valence-corrected chi connectivity index (χ0v) is 16.6. The number of halogens is 1. The van der Waals surface area contributed by atoms with Gasteiger partial charge in [0, 0.05) is 30.1 Å². The Morgan fingerprint density at radius 2 is 1.90 bits per heavy atom. The highest BCUT2D eigenvalue weighted by atomic mass is 19.1. The van der Waals surface area contributed by atoms with Crippen LogP contribution < -0.4 is 4.90 Å². The Morgan fingerprint density at radius 1 is 1.21 bits per heavy atom. The number of carbonyl (C=O) groups is 1. The number of hydrogen-bond acceptors (Lipinski definition) is 5. The number of rotatable bonds is 4. The number of benzene rings is 2. The van der Waals surface area contributed by atoms with Crippen LogP contribution in [0.4, 0.5) is 10.2 Å². The number of phenolic OH excluding ortho intramolecular Hbond substituents is 1. The SMILES string of the molecule is COC(=O)C1CN(c2nc3cc(O)ccc3c(-c3ccc(F)cc3)c2C(C)C)C1. The summed E-state index contributed by atoms with van der Waals surface area (Å²) in [5.41, 5.74) is 3.56. The number of methoxy groups -OCH3 is 1. The van der Waals surface area contributed by atoms with Crippen molar-refractivity contribution in [2.75, 3.05) is 25.1 Å². The number of pyridine rings is 1. The summed E-state index contributed by atoms with van der Waals surface area (Å²) in [5, 5.41) is 10.9. The Kier molecular flexibility index (Phi) is 4.86. The number of fused-ring (bicyclic) bond motifs is 1. The second-order valence-electron chi connectivity index (χ2n) is 7.71. The molecule has 4 rings (SSSR count). The fourth-order valence-electron chi connectivity index (χ4n) is 3.94. The standard InChI is InChI=1S/C23H23FN2O3/c1-13(2)20-21(14-4-6-16(24)7-5-14)18-9-8-17(27)10-19(18)25-22(20)26-11-15(12-26)23(28)29-3/h4-10,13,15,27H,11-12H2,1-3H3. The van der Waals surface area contributed by atoms with E-state index in [-0.39, 0.29) is 29.4 Å². The Balaban J connectivity index is 1.93. The maximum atomic E-state index is 13.6. The number of carbonyl (C=O) groups excluding carboxylic acids is 1. The minimum absolute atomic E-state index is 0.134. The molecule has 1 N–H and O–H groups in total. The molecule has 1 aliphatic heterocycles. The van der Waals surface area contributed by atoms with Crippen molar-refractivity contribution in [1.29, 1.82) is 0 Å². The lowest BCUT2D eigenvalue weighted by atomic mass is 9.88. The van der Waals surface area contributed by atoms with Gasteiger partial charge in [0.2, 0.25) is 0 Å². The molecular weight excluding hydrogens is 371 g/mol. The fraction of sp³-hybridized carbons (Fsp3) is 0.304. The summed E-state index contributed by atoms with van der Waals surface area (Å²) in [6, 6.07) is 11.5. The highest BCUT2D eigenvalue weighted by molar-refractivity contribution is 5.99. The van der Waals surface area contributed by atoms with Gasteiger partial charge in [0.25, 0.3) is 0 Å². The molecule has 2 aromatic carbocycles. The number of aromatic nitrogens is 1. The van der Waals surface area contributed by atoms with Gasteiger partial charge in [-0.1, -0.05) is 26.0 Å². The average molecular weight is 394 g/mol. The molecule has 0 saturated carbocycles. The predicted molar refractivity (Wildman–Crippen MR) is 111 cm³/mol. The lowest BCUT2D eigenvalue weighted by Crippen LogP contribution is -2.51. The first-order valence-corrected chi connectivity index (χ1v) is 9.64. The van der Waals surface area contributed by atoms with E-state index < -0.39 is 0 Å². The van der Waals surface area contributed by atoms with E-state index in [2.05, 4.69) is 18.7 Å². The van der Waals surface area contributed by atoms with Gasteiger partial charge in [0.05, 0.1) is 18.5 Å². The number of esters is 1. The van der Waals surface area contributed by atoms with Gasteiger partial charge in [-0.3, -0.25) is 4.79 Å². The molecule has 1 saturated heterocycles. The lowest BCUT2D eigenvalue weighted by Gasteiger charge is -2.40. The van der Waals surface area contributed by atoms with Crippen molar-refractivity contribution < 1.29 is 19.0 Å². The summed E-state index contributed by atoms with van der Waals surface area (Å²) in [4.78, 5) is 18.7. The molecule has 3 aromatic rings. The first-order chi connectivity index (χ1) is 13.9. The third-order valence-electron chi connectivity index (χ3n) is 5.41. The normalized spacial score (nSPS) is 14.3. The molecule has 29 heavy (non-hydrogen) atoms. The summed E-state index contributed by atoms with van der Waals surface area (Å²) in [6.45, 7) is 5.26. The number of anilines is 1. The first kappa shape index (κ1) is 19.2. The monoisotopic (exact) mass is 394 g/mol. The third kappa shape index (κ3) is 3.39. The zero-order chi connectivity index (χ0) is 20.7. The van der Waals surface area contributed by atoms with Crippen molar-refractivity contribution in [3.8, 4) is 16.9 Å². The van der Waals surface area contributed by atoms with Crippen LogP contribution in [0.15, 0.2) is 42.5 Å². The largest absolute Gasteiger partial charge is 0.508 e. The Hall–Kier alpha value is -3.15. The molecule has 6 heteroatoms. The van der Waals surface area contributed by atoms with E-state index in [0.717, 1.165) is 27.9 Å². The molecule has 1 aromatic heterocycles. The van der Waals surface area contributed by atoms with E-state index in [1.807, 2.05) is 6.07 Å². The van der Waals surface area contributed by atoms with Crippen LogP contribution in [0, 0.1) is 11.7 Å². The summed E-state index contributed by atoms with van der Waals surface area (Å²) < 4.78 is 18.4. The maximum Gasteiger partial charge on any atom is 0.312 e. The van der Waals surface area contributed by atoms with Crippen LogP contribution in [0.25, 0.3) is 22.0 Å². The van der Waals surface area contributed by atoms with Crippen molar-refractivity contribution in [3.05, 3.63) is 53.8 Å². The highest BCUT2D eigenvalue weighted by Gasteiger charge is 2.36. The topological polar surface area (TPSA) is 62.7 Å². The van der Waals surface area contributed by atoms with Crippen LogP contribution >= 0.6 is 0 Å². The van der Waals surface area contributed by atoms with Crippen molar-refractivity contribution in [2.24, 2.45) is 5.92 Å². The van der Waals surface area contributed by atoms with E-state index in [1.165, 1.54) is 19.2 Å². The van der Waals surface area contributed by atoms with Gasteiger partial charge in [-0.15, -0.1) is 0 Å². The zero-order valence-electron chi connectivity index (χ0n) is 16.6. The predicted octanol–water partition coefficient (Wildman–Crippen LogP) is 4.48. The Morgan fingerprint density at radius 3 is 2.52 bits per heavy atom. The fourth-order valence-corrected chi connectivity index (χ4v) is 3.94. The molecule has 0 unspecified atom stereocenters. The molecule has 0 aliphatic carbocycles. The number of aromatic hydroxyl groups is 1. The van der Waals surface area contributed by atoms with Gasteiger partial charge in [0.1, 0.15) is 17.4 Å². The maximum absolute atomic E-state index is 13.6. The van der Waals surface area contributed by atoms with Crippen LogP contribution in [0.5, 0.6) is 5.75 Å². The van der Waals surface area contributed by atoms with Crippen LogP contribution in [-0.2, 0) is 9.53 Å². The van der Waals surface area contributed by atoms with E-state index >= 15 is 0 Å². The van der Waals surface area contributed by atoms with Crippen LogP contribution in [0.1, 0.15) is 25.3 Å². The molecule has 2 heterocycles. The quantitative estimate of drug-likeness (QED) is 0.661. The van der Waals surface area contributed by atoms with E-state index in [1.54, 1.807) is 24.3 Å². The number of hydrogen-bond donors (Lipinski definition) is 1. The van der Waals surface area contributed by atoms with Crippen LogP contribution in [0.3, 0.4) is 0 Å². The number of nitrogens with zero attached hydrogens (tertiary/aromatic N) is 2. The van der Waals surface area contributed by atoms with E-state index in [9.17, 15) is 14.3 Å². The summed E-state index contributed by atoms with van der Waals surface area (Å²) >= 11 is 0. The Labute approximate surface area is 168 Å². The summed E-state index contributed by atoms with van der Waals surface area (Å²) in [5.74, 6) is 0.389. The van der Waals surface area contributed by atoms with Gasteiger partial charge in [0.15, 0.2) is 0 Å². The molecule has 0 atom stereocenters. The van der Waals surface area contributed by atoms with Gasteiger partial charge < -0.3 is 14.7 Å². The first-order valence-electron chi connectivity index (χ1n) is 9.64. The van der Waals surface area contributed by atoms with Crippen molar-refractivity contribution >= 4 is 22.7 Å². The molecule has 0 spiro atoms. The molecule has 0 radical (unpaired) electrons. The van der Waals surface area contributed by atoms with E-state index in [4.69, 9.17) is 9.72 Å². The number of phenols is 1. The second-order valence-corrected chi connectivity index (χ2v) is 7.71. The Bertz CT molecular complexity index is 1070.